The summed E-state index contributed by atoms with van der Waals surface area (Å²) in [7, 11) is 0. The van der Waals surface area contributed by atoms with Crippen LogP contribution in [-0.4, -0.2) is 114 Å². The minimum Gasteiger partial charge on any atom is -0.508 e. The molecule has 0 bridgehead atoms. The molecule has 0 spiro atoms. The van der Waals surface area contributed by atoms with E-state index in [0.29, 0.717) is 50.9 Å². The number of phenols is 1. The topological polar surface area (TPSA) is 276 Å². The van der Waals surface area contributed by atoms with E-state index in [-0.39, 0.29) is 88.1 Å². The zero-order chi connectivity index (χ0) is 39.2. The van der Waals surface area contributed by atoms with Gasteiger partial charge in [-0.05, 0) is 62.6 Å². The Balaban J connectivity index is 1.60. The van der Waals surface area contributed by atoms with E-state index in [9.17, 15) is 39.0 Å². The van der Waals surface area contributed by atoms with Crippen molar-refractivity contribution < 1.29 is 48.5 Å². The van der Waals surface area contributed by atoms with Crippen LogP contribution in [0.3, 0.4) is 0 Å². The summed E-state index contributed by atoms with van der Waals surface area (Å²) in [5, 5.41) is 30.8. The number of primary amides is 1. The van der Waals surface area contributed by atoms with E-state index >= 15 is 0 Å². The molecule has 16 heteroatoms. The molecule has 1 saturated heterocycles. The normalized spacial score (nSPS) is 16.3. The predicted octanol–water partition coefficient (Wildman–Crippen LogP) is 0.506. The molecule has 53 heavy (non-hydrogen) atoms. The lowest BCUT2D eigenvalue weighted by molar-refractivity contribution is -0.133. The number of hydrogen-bond donors (Lipinski definition) is 5. The summed E-state index contributed by atoms with van der Waals surface area (Å²) in [4.78, 5) is 75.8. The molecule has 293 valence electrons. The third-order valence-electron chi connectivity index (χ3n) is 9.13. The summed E-state index contributed by atoms with van der Waals surface area (Å²) in [6.45, 7) is 0.733. The fourth-order valence-electron chi connectivity index (χ4n) is 5.90. The number of rotatable bonds is 28. The molecule has 1 aromatic rings. The van der Waals surface area contributed by atoms with Crippen molar-refractivity contribution in [3.05, 3.63) is 29.8 Å². The van der Waals surface area contributed by atoms with E-state index in [0.717, 1.165) is 6.42 Å². The molecule has 3 amide bonds. The van der Waals surface area contributed by atoms with Gasteiger partial charge in [0.25, 0.3) is 0 Å². The lowest BCUT2D eigenvalue weighted by Crippen LogP contribution is -2.45. The first-order chi connectivity index (χ1) is 25.4. The fraction of sp³-hybridized carbons (Fsp3) is 0.649. The summed E-state index contributed by atoms with van der Waals surface area (Å²) < 4.78 is 10.8. The maximum absolute atomic E-state index is 13.0. The fourth-order valence-corrected chi connectivity index (χ4v) is 5.90. The van der Waals surface area contributed by atoms with Crippen molar-refractivity contribution in [3.8, 4) is 11.8 Å². The Bertz CT molecular complexity index is 1380. The first-order valence-corrected chi connectivity index (χ1v) is 18.2. The van der Waals surface area contributed by atoms with Gasteiger partial charge in [0, 0.05) is 51.3 Å². The highest BCUT2D eigenvalue weighted by atomic mass is 16.5. The number of Topliss-reactive ketones (excluding diaryl/α,β-unsaturated/α-hetero) is 3. The van der Waals surface area contributed by atoms with Gasteiger partial charge in [0.1, 0.15) is 30.0 Å². The summed E-state index contributed by atoms with van der Waals surface area (Å²) in [5.41, 5.74) is 20.2. The maximum Gasteiger partial charge on any atom is 0.245 e. The monoisotopic (exact) mass is 743 g/mol. The van der Waals surface area contributed by atoms with E-state index in [4.69, 9.17) is 31.9 Å². The van der Waals surface area contributed by atoms with Crippen LogP contribution < -0.4 is 22.5 Å². The van der Waals surface area contributed by atoms with Crippen molar-refractivity contribution in [2.75, 3.05) is 46.1 Å². The molecule has 5 atom stereocenters. The molecule has 16 nitrogen and oxygen atoms in total. The number of benzene rings is 1. The number of hydrogen-bond acceptors (Lipinski definition) is 12. The highest BCUT2D eigenvalue weighted by Crippen LogP contribution is 2.21. The second-order valence-corrected chi connectivity index (χ2v) is 13.4. The van der Waals surface area contributed by atoms with Crippen LogP contribution in [0.4, 0.5) is 0 Å². The maximum atomic E-state index is 13.0. The Morgan fingerprint density at radius 1 is 0.962 bits per heavy atom. The Morgan fingerprint density at radius 2 is 1.66 bits per heavy atom. The second kappa shape index (κ2) is 24.9. The van der Waals surface area contributed by atoms with Crippen molar-refractivity contribution >= 4 is 35.1 Å². The minimum atomic E-state index is -1.13. The number of phenolic OH excluding ortho intramolecular Hbond substituents is 1. The first-order valence-electron chi connectivity index (χ1n) is 18.2. The number of unbranched alkanes of at least 4 members (excludes halogenated alkanes) is 1. The van der Waals surface area contributed by atoms with Gasteiger partial charge in [-0.15, -0.1) is 0 Å². The van der Waals surface area contributed by atoms with Gasteiger partial charge in [-0.1, -0.05) is 18.6 Å². The Labute approximate surface area is 310 Å². The highest BCUT2D eigenvalue weighted by Gasteiger charge is 2.32. The number of carbonyl (C=O) groups excluding carboxylic acids is 6. The number of aliphatic hydroxyl groups excluding tert-OH is 1. The zero-order valence-electron chi connectivity index (χ0n) is 30.3. The van der Waals surface area contributed by atoms with Crippen LogP contribution in [0.2, 0.25) is 0 Å². The van der Waals surface area contributed by atoms with Gasteiger partial charge in [-0.25, -0.2) is 5.73 Å². The van der Waals surface area contributed by atoms with Crippen LogP contribution in [0.5, 0.6) is 5.75 Å². The number of aliphatic hydroxyl groups is 1. The van der Waals surface area contributed by atoms with Crippen molar-refractivity contribution in [1.29, 1.82) is 5.26 Å². The zero-order valence-corrected chi connectivity index (χ0v) is 30.3. The average molecular weight is 744 g/mol. The number of ketones is 3. The number of carbonyl (C=O) groups is 6. The number of amides is 3. The van der Waals surface area contributed by atoms with Crippen molar-refractivity contribution in [3.63, 3.8) is 0 Å². The highest BCUT2D eigenvalue weighted by molar-refractivity contribution is 5.92. The van der Waals surface area contributed by atoms with Crippen LogP contribution in [0.25, 0.3) is 0 Å². The minimum absolute atomic E-state index is 0.0273. The van der Waals surface area contributed by atoms with E-state index in [1.54, 1.807) is 12.1 Å². The lowest BCUT2D eigenvalue weighted by atomic mass is 9.85. The SMILES string of the molecule is N#C[C@@H]1CCCN1C(=O)[C@@H](N)CCC(=O)CCCOCCOCC(=O)NCCCC[C@H](CC(=O)[C@@H]([NH])Cc1ccc(O)cc1)C(=O)C[C@@H](CO)C(N)=O. The largest absolute Gasteiger partial charge is 0.508 e. The number of nitrogens with zero attached hydrogens (tertiary/aromatic N) is 2. The van der Waals surface area contributed by atoms with Crippen LogP contribution in [-0.2, 0) is 44.7 Å². The summed E-state index contributed by atoms with van der Waals surface area (Å²) in [5.74, 6) is -4.12. The number of likely N-dealkylation sites (tertiary alicyclic amines) is 1. The number of aromatic hydroxyl groups is 1. The Morgan fingerprint density at radius 3 is 2.34 bits per heavy atom. The van der Waals surface area contributed by atoms with Crippen molar-refractivity contribution in [2.45, 2.75) is 95.2 Å². The molecule has 2 rings (SSSR count). The molecule has 0 unspecified atom stereocenters. The van der Waals surface area contributed by atoms with Crippen LogP contribution in [0.1, 0.15) is 76.2 Å². The third-order valence-corrected chi connectivity index (χ3v) is 9.13. The summed E-state index contributed by atoms with van der Waals surface area (Å²) >= 11 is 0. The number of nitriles is 1. The average Bonchev–Trinajstić information content (AvgIpc) is 3.62. The van der Waals surface area contributed by atoms with Crippen LogP contribution in [0, 0.1) is 23.2 Å². The third kappa shape index (κ3) is 17.4. The molecular weight excluding hydrogens is 688 g/mol. The molecule has 1 aliphatic rings. The number of nitrogens with two attached hydrogens (primary N) is 2. The molecule has 0 aromatic heterocycles. The Hall–Kier alpha value is -4.27. The van der Waals surface area contributed by atoms with Crippen LogP contribution in [0.15, 0.2) is 24.3 Å². The number of nitrogens with one attached hydrogen (secondary N) is 2. The van der Waals surface area contributed by atoms with E-state index in [2.05, 4.69) is 11.4 Å². The standard InChI is InChI=1S/C37H55N6O10/c38-22-28-6-3-15-43(28)37(51)31(39)13-12-29(45)7-4-16-52-17-18-53-24-35(49)42-14-2-1-5-26(33(47)21-27(23-44)36(41)50)20-34(48)32(40)19-25-8-10-30(46)11-9-25/h8-11,26-28,31-32,40,44,46H,1-7,12-21,23-24,39H2,(H2,41,50)(H,42,49)/t26-,27+,28+,31+,32+/m1/s1. The van der Waals surface area contributed by atoms with E-state index < -0.39 is 54.0 Å². The molecule has 8 N–H and O–H groups in total. The van der Waals surface area contributed by atoms with Gasteiger partial charge in [0.15, 0.2) is 5.78 Å². The van der Waals surface area contributed by atoms with Gasteiger partial charge in [0.2, 0.25) is 17.7 Å². The van der Waals surface area contributed by atoms with Gasteiger partial charge in [0.05, 0.1) is 43.9 Å². The van der Waals surface area contributed by atoms with Crippen LogP contribution >= 0.6 is 0 Å². The molecule has 1 heterocycles. The number of ether oxygens (including phenoxy) is 2. The lowest BCUT2D eigenvalue weighted by Gasteiger charge is -2.23. The summed E-state index contributed by atoms with van der Waals surface area (Å²) in [6, 6.07) is 5.88. The predicted molar refractivity (Wildman–Crippen MR) is 192 cm³/mol. The van der Waals surface area contributed by atoms with Gasteiger partial charge < -0.3 is 41.4 Å². The smallest absolute Gasteiger partial charge is 0.245 e. The molecule has 1 aromatic carbocycles. The Kier molecular flexibility index (Phi) is 21.1. The van der Waals surface area contributed by atoms with Crippen molar-refractivity contribution in [2.24, 2.45) is 23.3 Å². The molecule has 1 aliphatic heterocycles. The first kappa shape index (κ1) is 44.9. The quantitative estimate of drug-likeness (QED) is 0.0735. The molecule has 1 fully saturated rings. The molecular formula is C37H55N6O10. The second-order valence-electron chi connectivity index (χ2n) is 13.4. The van der Waals surface area contributed by atoms with Gasteiger partial charge >= 0.3 is 0 Å². The molecule has 0 aliphatic carbocycles. The van der Waals surface area contributed by atoms with E-state index in [1.165, 1.54) is 17.0 Å². The van der Waals surface area contributed by atoms with Crippen molar-refractivity contribution in [1.82, 2.24) is 16.0 Å². The molecule has 0 saturated carbocycles. The van der Waals surface area contributed by atoms with E-state index in [1.807, 2.05) is 0 Å². The van der Waals surface area contributed by atoms with Gasteiger partial charge in [-0.2, -0.15) is 5.26 Å². The van der Waals surface area contributed by atoms with Gasteiger partial charge in [-0.3, -0.25) is 28.8 Å². The molecule has 1 radical (unpaired) electrons. The summed E-state index contributed by atoms with van der Waals surface area (Å²) in [6.07, 6.45) is 3.40.